The minimum absolute atomic E-state index is 0.118. The lowest BCUT2D eigenvalue weighted by atomic mass is 9.67. The van der Waals surface area contributed by atoms with Gasteiger partial charge in [-0.2, -0.15) is 0 Å². The molecule has 9 aromatic carbocycles. The van der Waals surface area contributed by atoms with E-state index in [4.69, 9.17) is 0 Å². The number of fused-ring (bicyclic) bond motifs is 6. The molecule has 1 aliphatic carbocycles. The molecule has 10 aromatic rings. The van der Waals surface area contributed by atoms with E-state index in [1.807, 2.05) is 109 Å². The van der Waals surface area contributed by atoms with Crippen molar-refractivity contribution >= 4 is 48.6 Å². The van der Waals surface area contributed by atoms with Gasteiger partial charge in [0, 0.05) is 37.2 Å². The molecule has 57 heavy (non-hydrogen) atoms. The molecule has 0 unspecified atom stereocenters. The van der Waals surface area contributed by atoms with Crippen molar-refractivity contribution in [3.05, 3.63) is 247 Å². The highest BCUT2D eigenvalue weighted by Crippen LogP contribution is 2.57. The Kier molecular flexibility index (Phi) is 6.21. The van der Waals surface area contributed by atoms with Crippen LogP contribution in [0.3, 0.4) is 0 Å². The molecular weight excluding hydrogens is 707 g/mol. The van der Waals surface area contributed by atoms with Crippen LogP contribution in [0.4, 0.5) is 17.1 Å². The van der Waals surface area contributed by atoms with Crippen molar-refractivity contribution in [2.75, 3.05) is 4.90 Å². The first-order valence-electron chi connectivity index (χ1n) is 22.9. The molecule has 0 atom stereocenters. The minimum atomic E-state index is -0.856. The van der Waals surface area contributed by atoms with Gasteiger partial charge in [0.05, 0.1) is 16.4 Å². The van der Waals surface area contributed by atoms with Crippen molar-refractivity contribution in [2.45, 2.75) is 5.41 Å². The first-order chi connectivity index (χ1) is 31.6. The summed E-state index contributed by atoms with van der Waals surface area (Å²) in [5.74, 6) is 0. The van der Waals surface area contributed by atoms with Crippen LogP contribution in [0.2, 0.25) is 0 Å². The van der Waals surface area contributed by atoms with Crippen LogP contribution in [-0.4, -0.2) is 0 Å². The lowest BCUT2D eigenvalue weighted by Crippen LogP contribution is -2.28. The van der Waals surface area contributed by atoms with Crippen LogP contribution < -0.4 is 4.90 Å². The van der Waals surface area contributed by atoms with E-state index in [1.165, 1.54) is 4.90 Å². The molecule has 268 valence electrons. The van der Waals surface area contributed by atoms with E-state index in [0.717, 1.165) is 53.6 Å². The smallest absolute Gasteiger partial charge is 0.0714 e. The lowest BCUT2D eigenvalue weighted by molar-refractivity contribution is 0.768. The highest BCUT2D eigenvalue weighted by Gasteiger charge is 2.46. The highest BCUT2D eigenvalue weighted by atomic mass is 32.1. The van der Waals surface area contributed by atoms with Crippen LogP contribution in [0, 0.1) is 0 Å². The van der Waals surface area contributed by atoms with Gasteiger partial charge in [-0.05, 0) is 110 Å². The van der Waals surface area contributed by atoms with Crippen LogP contribution in [0.1, 0.15) is 33.2 Å². The van der Waals surface area contributed by atoms with Gasteiger partial charge in [0.2, 0.25) is 0 Å². The zero-order valence-corrected chi connectivity index (χ0v) is 31.4. The second-order valence-electron chi connectivity index (χ2n) is 14.2. The maximum Gasteiger partial charge on any atom is 0.0714 e. The highest BCUT2D eigenvalue weighted by molar-refractivity contribution is 7.25. The van der Waals surface area contributed by atoms with Crippen molar-refractivity contribution in [3.63, 3.8) is 0 Å². The standard InChI is InChI=1S/C55H37NS/c1-4-14-38(15-5-1)39-24-29-44(30-25-39)56(45-31-26-40(27-32-45)41-28-35-54-50(36-41)49-21-11-13-23-53(49)57-54)46-33-34-48-47-20-10-12-22-51(47)55(52(48)37-46,42-16-6-2-7-17-42)43-18-8-3-9-19-43/h1-37H/i24D,25D,26D,27D,29D,30D,31D,32D. The molecule has 0 saturated heterocycles. The Morgan fingerprint density at radius 2 is 0.912 bits per heavy atom. The SMILES string of the molecule is [2H]c1c([2H])c(N(c2ccc3c(c2)C(c2ccccc2)(c2ccccc2)c2ccccc2-3)c2c([2H])c([2H])c(-c3ccc4sc5ccccc5c4c3)c([2H])c2[2H])c([2H])c([2H])c1-c1ccccc1. The molecule has 1 aromatic heterocycles. The fourth-order valence-corrected chi connectivity index (χ4v) is 9.64. The molecule has 1 nitrogen and oxygen atoms in total. The Morgan fingerprint density at radius 3 is 1.60 bits per heavy atom. The summed E-state index contributed by atoms with van der Waals surface area (Å²) in [7, 11) is 0. The Balaban J connectivity index is 1.21. The average molecular weight is 752 g/mol. The van der Waals surface area contributed by atoms with E-state index in [9.17, 15) is 11.0 Å². The Bertz CT molecular complexity index is 3440. The van der Waals surface area contributed by atoms with E-state index in [1.54, 1.807) is 35.6 Å². The Morgan fingerprint density at radius 1 is 0.368 bits per heavy atom. The number of hydrogen-bond donors (Lipinski definition) is 0. The molecule has 2 heteroatoms. The predicted octanol–water partition coefficient (Wildman–Crippen LogP) is 15.2. The Hall–Kier alpha value is -7.00. The quantitative estimate of drug-likeness (QED) is 0.157. The third kappa shape index (κ3) is 5.44. The van der Waals surface area contributed by atoms with E-state index in [0.29, 0.717) is 16.8 Å². The van der Waals surface area contributed by atoms with E-state index >= 15 is 0 Å². The van der Waals surface area contributed by atoms with Gasteiger partial charge in [-0.1, -0.05) is 170 Å². The monoisotopic (exact) mass is 751 g/mol. The summed E-state index contributed by atoms with van der Waals surface area (Å²) in [4.78, 5) is 1.42. The van der Waals surface area contributed by atoms with Crippen molar-refractivity contribution in [2.24, 2.45) is 0 Å². The van der Waals surface area contributed by atoms with Crippen LogP contribution in [0.25, 0.3) is 53.6 Å². The van der Waals surface area contributed by atoms with Gasteiger partial charge in [0.15, 0.2) is 0 Å². The Labute approximate surface area is 348 Å². The van der Waals surface area contributed by atoms with Crippen LogP contribution in [-0.2, 0) is 5.41 Å². The van der Waals surface area contributed by atoms with Crippen molar-refractivity contribution in [1.82, 2.24) is 0 Å². The first-order valence-corrected chi connectivity index (χ1v) is 19.8. The van der Waals surface area contributed by atoms with Crippen LogP contribution in [0.15, 0.2) is 224 Å². The molecule has 11 rings (SSSR count). The molecule has 1 heterocycles. The second kappa shape index (κ2) is 13.6. The fraction of sp³-hybridized carbons (Fsp3) is 0.0182. The maximum atomic E-state index is 9.80. The molecule has 1 aliphatic rings. The number of hydrogen-bond acceptors (Lipinski definition) is 2. The molecule has 0 saturated carbocycles. The number of thiophene rings is 1. The van der Waals surface area contributed by atoms with Crippen molar-refractivity contribution < 1.29 is 11.0 Å². The number of anilines is 3. The number of nitrogens with zero attached hydrogens (tertiary/aromatic N) is 1. The van der Waals surface area contributed by atoms with Gasteiger partial charge in [-0.25, -0.2) is 0 Å². The van der Waals surface area contributed by atoms with Gasteiger partial charge < -0.3 is 4.90 Å². The van der Waals surface area contributed by atoms with Crippen molar-refractivity contribution in [3.8, 4) is 33.4 Å². The largest absolute Gasteiger partial charge is 0.310 e. The predicted molar refractivity (Wildman–Crippen MR) is 242 cm³/mol. The minimum Gasteiger partial charge on any atom is -0.310 e. The zero-order valence-electron chi connectivity index (χ0n) is 38.6. The van der Waals surface area contributed by atoms with E-state index in [2.05, 4.69) is 42.5 Å². The summed E-state index contributed by atoms with van der Waals surface area (Å²) < 4.78 is 79.1. The molecule has 0 bridgehead atoms. The number of rotatable bonds is 7. The summed E-state index contributed by atoms with van der Waals surface area (Å²) in [6.07, 6.45) is 0. The van der Waals surface area contributed by atoms with Crippen LogP contribution >= 0.6 is 11.3 Å². The molecule has 0 fully saturated rings. The fourth-order valence-electron chi connectivity index (χ4n) is 8.55. The van der Waals surface area contributed by atoms with Crippen LogP contribution in [0.5, 0.6) is 0 Å². The molecule has 0 N–H and O–H groups in total. The normalized spacial score (nSPS) is 14.7. The molecule has 0 spiro atoms. The van der Waals surface area contributed by atoms with Crippen molar-refractivity contribution in [1.29, 1.82) is 0 Å². The molecule has 0 amide bonds. The van der Waals surface area contributed by atoms with Gasteiger partial charge in [0.25, 0.3) is 0 Å². The topological polar surface area (TPSA) is 3.24 Å². The van der Waals surface area contributed by atoms with E-state index < -0.39 is 5.41 Å². The summed E-state index contributed by atoms with van der Waals surface area (Å²) in [6, 6.07) is 54.3. The summed E-state index contributed by atoms with van der Waals surface area (Å²) in [5, 5.41) is 1.99. The summed E-state index contributed by atoms with van der Waals surface area (Å²) in [5.41, 5.74) is 6.28. The second-order valence-corrected chi connectivity index (χ2v) is 15.3. The third-order valence-electron chi connectivity index (χ3n) is 11.1. The van der Waals surface area contributed by atoms with E-state index in [-0.39, 0.29) is 70.8 Å². The van der Waals surface area contributed by atoms with Gasteiger partial charge >= 0.3 is 0 Å². The van der Waals surface area contributed by atoms with Gasteiger partial charge in [-0.3, -0.25) is 0 Å². The summed E-state index contributed by atoms with van der Waals surface area (Å²) >= 11 is 1.65. The third-order valence-corrected chi connectivity index (χ3v) is 12.3. The lowest BCUT2D eigenvalue weighted by Gasteiger charge is -2.35. The maximum absolute atomic E-state index is 9.80. The summed E-state index contributed by atoms with van der Waals surface area (Å²) in [6.45, 7) is 0. The average Bonchev–Trinajstić information content (AvgIpc) is 3.86. The molecular formula is C55H37NS. The zero-order chi connectivity index (χ0) is 44.7. The number of benzene rings is 9. The van der Waals surface area contributed by atoms with Gasteiger partial charge in [0.1, 0.15) is 0 Å². The van der Waals surface area contributed by atoms with Gasteiger partial charge in [-0.15, -0.1) is 11.3 Å². The molecule has 0 aliphatic heterocycles. The molecule has 0 radical (unpaired) electrons. The first kappa shape index (κ1) is 26.0.